The third-order valence-electron chi connectivity index (χ3n) is 7.41. The molecule has 0 aliphatic carbocycles. The summed E-state index contributed by atoms with van der Waals surface area (Å²) in [4.78, 5) is 28.9. The van der Waals surface area contributed by atoms with E-state index < -0.39 is 0 Å². The molecule has 1 fully saturated rings. The molecule has 4 heterocycles. The van der Waals surface area contributed by atoms with E-state index in [4.69, 9.17) is 4.74 Å². The van der Waals surface area contributed by atoms with E-state index >= 15 is 0 Å². The lowest BCUT2D eigenvalue weighted by atomic mass is 9.74. The largest absolute Gasteiger partial charge is 0.465 e. The van der Waals surface area contributed by atoms with Crippen molar-refractivity contribution in [1.29, 1.82) is 0 Å². The number of benzene rings is 2. The lowest BCUT2D eigenvalue weighted by Crippen LogP contribution is -2.44. The molecule has 34 heavy (non-hydrogen) atoms. The number of rotatable bonds is 4. The molecule has 0 radical (unpaired) electrons. The molecule has 0 amide bonds. The summed E-state index contributed by atoms with van der Waals surface area (Å²) < 4.78 is 4.80. The van der Waals surface area contributed by atoms with Crippen LogP contribution in [0.25, 0.3) is 11.0 Å². The van der Waals surface area contributed by atoms with Crippen molar-refractivity contribution in [2.24, 2.45) is 0 Å². The Morgan fingerprint density at radius 2 is 1.85 bits per heavy atom. The maximum atomic E-state index is 11.7. The average molecular weight is 454 g/mol. The molecule has 2 aromatic carbocycles. The van der Waals surface area contributed by atoms with Crippen LogP contribution in [-0.4, -0.2) is 52.6 Å². The van der Waals surface area contributed by atoms with Crippen LogP contribution in [0.3, 0.4) is 0 Å². The zero-order chi connectivity index (χ0) is 23.1. The van der Waals surface area contributed by atoms with E-state index in [0.29, 0.717) is 5.56 Å². The standard InChI is InChI=1S/C27H27N5O2/c1-34-26(33)20-8-6-19(7-9-20)16-31-14-11-27(12-15-31)17-32(23-5-3-2-4-22(23)27)25-21-10-13-28-24(21)29-18-30-25/h2-10,13,18H,11-12,14-17H2,1H3,(H,28,29,30). The summed E-state index contributed by atoms with van der Waals surface area (Å²) in [5.74, 6) is 0.681. The van der Waals surface area contributed by atoms with Gasteiger partial charge in [-0.1, -0.05) is 30.3 Å². The molecule has 2 aromatic heterocycles. The Balaban J connectivity index is 1.22. The molecule has 2 aliphatic rings. The van der Waals surface area contributed by atoms with Crippen molar-refractivity contribution in [3.05, 3.63) is 83.8 Å². The molecule has 0 atom stereocenters. The highest BCUT2D eigenvalue weighted by Gasteiger charge is 2.45. The van der Waals surface area contributed by atoms with Gasteiger partial charge in [0.15, 0.2) is 0 Å². The van der Waals surface area contributed by atoms with E-state index in [1.807, 2.05) is 30.5 Å². The van der Waals surface area contributed by atoms with E-state index in [0.717, 1.165) is 55.9 Å². The average Bonchev–Trinajstić information content (AvgIpc) is 3.49. The second kappa shape index (κ2) is 8.25. The number of para-hydroxylation sites is 1. The molecule has 6 rings (SSSR count). The van der Waals surface area contributed by atoms with Crippen molar-refractivity contribution in [2.45, 2.75) is 24.8 Å². The van der Waals surface area contributed by atoms with Crippen molar-refractivity contribution in [3.63, 3.8) is 0 Å². The SMILES string of the molecule is COC(=O)c1ccc(CN2CCC3(CC2)CN(c2ncnc4[nH]ccc24)c2ccccc23)cc1. The summed E-state index contributed by atoms with van der Waals surface area (Å²) in [6, 6.07) is 18.6. The molecule has 1 N–H and O–H groups in total. The van der Waals surface area contributed by atoms with Gasteiger partial charge in [0.2, 0.25) is 0 Å². The number of hydrogen-bond donors (Lipinski definition) is 1. The molecule has 2 aliphatic heterocycles. The second-order valence-corrected chi connectivity index (χ2v) is 9.29. The van der Waals surface area contributed by atoms with Crippen molar-refractivity contribution >= 4 is 28.5 Å². The van der Waals surface area contributed by atoms with E-state index in [2.05, 4.69) is 55.1 Å². The molecule has 1 spiro atoms. The normalized spacial score (nSPS) is 17.3. The van der Waals surface area contributed by atoms with Crippen LogP contribution < -0.4 is 4.90 Å². The van der Waals surface area contributed by atoms with Crippen molar-refractivity contribution in [1.82, 2.24) is 19.9 Å². The number of likely N-dealkylation sites (tertiary alicyclic amines) is 1. The Hall–Kier alpha value is -3.71. The quantitative estimate of drug-likeness (QED) is 0.461. The Kier molecular flexibility index (Phi) is 5.07. The Labute approximate surface area is 198 Å². The number of ether oxygens (including phenoxy) is 1. The van der Waals surface area contributed by atoms with Gasteiger partial charge in [-0.2, -0.15) is 0 Å². The van der Waals surface area contributed by atoms with E-state index in [1.165, 1.54) is 23.9 Å². The fraction of sp³-hybridized carbons (Fsp3) is 0.296. The van der Waals surface area contributed by atoms with Crippen LogP contribution in [0.15, 0.2) is 67.1 Å². The number of aromatic amines is 1. The van der Waals surface area contributed by atoms with Crippen LogP contribution in [-0.2, 0) is 16.7 Å². The molecular formula is C27H27N5O2. The van der Waals surface area contributed by atoms with Crippen molar-refractivity contribution in [2.75, 3.05) is 31.6 Å². The molecule has 0 unspecified atom stereocenters. The van der Waals surface area contributed by atoms with Gasteiger partial charge < -0.3 is 14.6 Å². The molecular weight excluding hydrogens is 426 g/mol. The monoisotopic (exact) mass is 453 g/mol. The fourth-order valence-corrected chi connectivity index (χ4v) is 5.58. The number of carbonyl (C=O) groups is 1. The van der Waals surface area contributed by atoms with Gasteiger partial charge in [0, 0.05) is 30.4 Å². The minimum Gasteiger partial charge on any atom is -0.465 e. The number of piperidine rings is 1. The molecule has 0 saturated carbocycles. The molecule has 4 aromatic rings. The zero-order valence-electron chi connectivity index (χ0n) is 19.2. The van der Waals surface area contributed by atoms with Crippen LogP contribution in [0.4, 0.5) is 11.5 Å². The minimum absolute atomic E-state index is 0.120. The number of nitrogens with zero attached hydrogens (tertiary/aromatic N) is 4. The van der Waals surface area contributed by atoms with E-state index in [1.54, 1.807) is 6.33 Å². The van der Waals surface area contributed by atoms with Crippen molar-refractivity contribution in [3.8, 4) is 0 Å². The predicted octanol–water partition coefficient (Wildman–Crippen LogP) is 4.43. The van der Waals surface area contributed by atoms with Crippen LogP contribution in [0.5, 0.6) is 0 Å². The summed E-state index contributed by atoms with van der Waals surface area (Å²) in [7, 11) is 1.41. The second-order valence-electron chi connectivity index (χ2n) is 9.29. The highest BCUT2D eigenvalue weighted by molar-refractivity contribution is 5.91. The van der Waals surface area contributed by atoms with Crippen LogP contribution in [0.2, 0.25) is 0 Å². The molecule has 1 saturated heterocycles. The maximum absolute atomic E-state index is 11.7. The van der Waals surface area contributed by atoms with Crippen LogP contribution in [0.1, 0.15) is 34.3 Å². The number of fused-ring (bicyclic) bond motifs is 3. The fourth-order valence-electron chi connectivity index (χ4n) is 5.58. The van der Waals surface area contributed by atoms with Gasteiger partial charge in [0.05, 0.1) is 18.1 Å². The molecule has 0 bridgehead atoms. The van der Waals surface area contributed by atoms with Gasteiger partial charge >= 0.3 is 5.97 Å². The number of methoxy groups -OCH3 is 1. The Morgan fingerprint density at radius 1 is 1.06 bits per heavy atom. The third-order valence-corrected chi connectivity index (χ3v) is 7.41. The highest BCUT2D eigenvalue weighted by atomic mass is 16.5. The first-order valence-corrected chi connectivity index (χ1v) is 11.7. The number of esters is 1. The van der Waals surface area contributed by atoms with Gasteiger partial charge in [-0.05, 0) is 61.3 Å². The van der Waals surface area contributed by atoms with Crippen LogP contribution >= 0.6 is 0 Å². The molecule has 7 heteroatoms. The zero-order valence-corrected chi connectivity index (χ0v) is 19.2. The third kappa shape index (κ3) is 3.44. The van der Waals surface area contributed by atoms with E-state index in [-0.39, 0.29) is 11.4 Å². The summed E-state index contributed by atoms with van der Waals surface area (Å²) >= 11 is 0. The number of nitrogens with one attached hydrogen (secondary N) is 1. The molecule has 172 valence electrons. The van der Waals surface area contributed by atoms with Gasteiger partial charge in [-0.15, -0.1) is 0 Å². The van der Waals surface area contributed by atoms with Crippen molar-refractivity contribution < 1.29 is 9.53 Å². The van der Waals surface area contributed by atoms with E-state index in [9.17, 15) is 4.79 Å². The summed E-state index contributed by atoms with van der Waals surface area (Å²) in [6.45, 7) is 3.89. The Morgan fingerprint density at radius 3 is 2.65 bits per heavy atom. The first kappa shape index (κ1) is 20.9. The number of aromatic nitrogens is 3. The smallest absolute Gasteiger partial charge is 0.337 e. The summed E-state index contributed by atoms with van der Waals surface area (Å²) in [6.07, 6.45) is 5.77. The van der Waals surface area contributed by atoms with Gasteiger partial charge in [0.1, 0.15) is 17.8 Å². The summed E-state index contributed by atoms with van der Waals surface area (Å²) in [5.41, 5.74) is 5.49. The maximum Gasteiger partial charge on any atom is 0.337 e. The van der Waals surface area contributed by atoms with Gasteiger partial charge in [-0.25, -0.2) is 14.8 Å². The number of H-pyrrole nitrogens is 1. The summed E-state index contributed by atoms with van der Waals surface area (Å²) in [5, 5.41) is 1.06. The highest BCUT2D eigenvalue weighted by Crippen LogP contribution is 2.50. The first-order valence-electron chi connectivity index (χ1n) is 11.7. The van der Waals surface area contributed by atoms with Gasteiger partial charge in [0.25, 0.3) is 0 Å². The topological polar surface area (TPSA) is 74.3 Å². The minimum atomic E-state index is -0.295. The number of anilines is 2. The predicted molar refractivity (Wildman–Crippen MR) is 131 cm³/mol. The molecule has 7 nitrogen and oxygen atoms in total. The first-order chi connectivity index (χ1) is 16.7. The number of hydrogen-bond acceptors (Lipinski definition) is 6. The lowest BCUT2D eigenvalue weighted by molar-refractivity contribution is 0.0600. The van der Waals surface area contributed by atoms with Crippen LogP contribution in [0, 0.1) is 0 Å². The number of carbonyl (C=O) groups excluding carboxylic acids is 1. The van der Waals surface area contributed by atoms with Gasteiger partial charge in [-0.3, -0.25) is 4.90 Å². The Bertz CT molecular complexity index is 1340. The lowest BCUT2D eigenvalue weighted by Gasteiger charge is -2.40.